The monoisotopic (exact) mass is 382 g/mol. The van der Waals surface area contributed by atoms with Crippen molar-refractivity contribution in [3.8, 4) is 16.9 Å². The first-order chi connectivity index (χ1) is 13.6. The number of amides is 2. The third kappa shape index (κ3) is 4.50. The van der Waals surface area contributed by atoms with Gasteiger partial charge < -0.3 is 4.74 Å². The van der Waals surface area contributed by atoms with Crippen LogP contribution in [0.2, 0.25) is 0 Å². The fourth-order valence-electron chi connectivity index (χ4n) is 2.53. The molecular formula is C21H16F2N2O3. The molecule has 0 saturated heterocycles. The minimum Gasteiger partial charge on any atom is -0.483 e. The van der Waals surface area contributed by atoms with Crippen molar-refractivity contribution in [1.29, 1.82) is 0 Å². The first-order valence-corrected chi connectivity index (χ1v) is 8.36. The molecule has 5 nitrogen and oxygen atoms in total. The van der Waals surface area contributed by atoms with E-state index in [-0.39, 0.29) is 0 Å². The predicted octanol–water partition coefficient (Wildman–Crippen LogP) is 3.47. The fraction of sp³-hybridized carbons (Fsp3) is 0.0476. The number of rotatable bonds is 5. The number of para-hydroxylation sites is 1. The maximum Gasteiger partial charge on any atom is 0.276 e. The number of ether oxygens (including phenoxy) is 1. The van der Waals surface area contributed by atoms with Gasteiger partial charge in [0.1, 0.15) is 22.9 Å². The van der Waals surface area contributed by atoms with Crippen LogP contribution in [0.1, 0.15) is 10.4 Å². The van der Waals surface area contributed by atoms with Crippen LogP contribution >= 0.6 is 0 Å². The number of hydrogen-bond acceptors (Lipinski definition) is 3. The maximum absolute atomic E-state index is 13.6. The van der Waals surface area contributed by atoms with Crippen LogP contribution < -0.4 is 15.6 Å². The lowest BCUT2D eigenvalue weighted by Crippen LogP contribution is -2.44. The van der Waals surface area contributed by atoms with Crippen molar-refractivity contribution in [3.05, 3.63) is 90.0 Å². The van der Waals surface area contributed by atoms with Crippen LogP contribution in [0, 0.1) is 11.6 Å². The molecule has 0 saturated carbocycles. The van der Waals surface area contributed by atoms with Crippen LogP contribution in [0.25, 0.3) is 11.1 Å². The summed E-state index contributed by atoms with van der Waals surface area (Å²) in [6.07, 6.45) is 0. The fourth-order valence-corrected chi connectivity index (χ4v) is 2.53. The summed E-state index contributed by atoms with van der Waals surface area (Å²) in [6.45, 7) is -0.399. The van der Waals surface area contributed by atoms with E-state index < -0.39 is 35.6 Å². The van der Waals surface area contributed by atoms with Gasteiger partial charge in [0.15, 0.2) is 6.61 Å². The van der Waals surface area contributed by atoms with E-state index in [1.165, 1.54) is 0 Å². The Morgan fingerprint density at radius 3 is 2.14 bits per heavy atom. The molecule has 3 aromatic carbocycles. The van der Waals surface area contributed by atoms with E-state index in [4.69, 9.17) is 4.74 Å². The van der Waals surface area contributed by atoms with Crippen LogP contribution in [-0.4, -0.2) is 18.4 Å². The smallest absolute Gasteiger partial charge is 0.276 e. The normalized spacial score (nSPS) is 10.2. The standard InChI is InChI=1S/C21H16F2N2O3/c22-16-10-6-11-17(23)20(16)21(27)25-24-19(26)13-28-18-12-5-4-9-15(18)14-7-2-1-3-8-14/h1-12H,13H2,(H,24,26)(H,25,27). The van der Waals surface area contributed by atoms with E-state index >= 15 is 0 Å². The summed E-state index contributed by atoms with van der Waals surface area (Å²) >= 11 is 0. The van der Waals surface area contributed by atoms with Gasteiger partial charge in [-0.25, -0.2) is 8.78 Å². The number of carbonyl (C=O) groups excluding carboxylic acids is 2. The molecule has 3 aromatic rings. The quantitative estimate of drug-likeness (QED) is 0.664. The first-order valence-electron chi connectivity index (χ1n) is 8.36. The van der Waals surface area contributed by atoms with Gasteiger partial charge in [0.05, 0.1) is 0 Å². The molecule has 28 heavy (non-hydrogen) atoms. The van der Waals surface area contributed by atoms with E-state index in [0.717, 1.165) is 29.3 Å². The van der Waals surface area contributed by atoms with Crippen LogP contribution in [0.3, 0.4) is 0 Å². The van der Waals surface area contributed by atoms with Crippen LogP contribution in [0.15, 0.2) is 72.8 Å². The van der Waals surface area contributed by atoms with Gasteiger partial charge in [-0.15, -0.1) is 0 Å². The second kappa shape index (κ2) is 8.77. The molecule has 2 amide bonds. The van der Waals surface area contributed by atoms with Gasteiger partial charge in [-0.2, -0.15) is 0 Å². The Labute approximate surface area is 159 Å². The van der Waals surface area contributed by atoms with E-state index in [1.54, 1.807) is 12.1 Å². The molecule has 0 heterocycles. The van der Waals surface area contributed by atoms with Crippen molar-refractivity contribution >= 4 is 11.8 Å². The SMILES string of the molecule is O=C(COc1ccccc1-c1ccccc1)NNC(=O)c1c(F)cccc1F. The van der Waals surface area contributed by atoms with E-state index in [1.807, 2.05) is 47.9 Å². The highest BCUT2D eigenvalue weighted by Crippen LogP contribution is 2.29. The number of carbonyl (C=O) groups is 2. The average molecular weight is 382 g/mol. The second-order valence-electron chi connectivity index (χ2n) is 5.75. The Hall–Kier alpha value is -3.74. The summed E-state index contributed by atoms with van der Waals surface area (Å²) in [6, 6.07) is 19.7. The summed E-state index contributed by atoms with van der Waals surface area (Å²) in [5, 5.41) is 0. The predicted molar refractivity (Wildman–Crippen MR) is 99.3 cm³/mol. The topological polar surface area (TPSA) is 67.4 Å². The van der Waals surface area contributed by atoms with Gasteiger partial charge in [0.2, 0.25) is 0 Å². The molecule has 7 heteroatoms. The number of nitrogens with one attached hydrogen (secondary N) is 2. The lowest BCUT2D eigenvalue weighted by molar-refractivity contribution is -0.123. The molecule has 0 aliphatic carbocycles. The Morgan fingerprint density at radius 1 is 0.786 bits per heavy atom. The second-order valence-corrected chi connectivity index (χ2v) is 5.75. The minimum absolute atomic E-state index is 0.399. The van der Waals surface area contributed by atoms with Crippen molar-refractivity contribution in [1.82, 2.24) is 10.9 Å². The third-order valence-electron chi connectivity index (χ3n) is 3.84. The molecule has 2 N–H and O–H groups in total. The molecule has 0 fully saturated rings. The van der Waals surface area contributed by atoms with Crippen molar-refractivity contribution in [2.75, 3.05) is 6.61 Å². The van der Waals surface area contributed by atoms with Gasteiger partial charge >= 0.3 is 0 Å². The molecule has 3 rings (SSSR count). The zero-order valence-corrected chi connectivity index (χ0v) is 14.6. The minimum atomic E-state index is -1.10. The number of halogens is 2. The molecule has 0 radical (unpaired) electrons. The lowest BCUT2D eigenvalue weighted by atomic mass is 10.1. The van der Waals surface area contributed by atoms with E-state index in [9.17, 15) is 18.4 Å². The van der Waals surface area contributed by atoms with Gasteiger partial charge in [-0.3, -0.25) is 20.4 Å². The number of hydrogen-bond donors (Lipinski definition) is 2. The molecule has 0 aliphatic rings. The summed E-state index contributed by atoms with van der Waals surface area (Å²) in [4.78, 5) is 23.8. The van der Waals surface area contributed by atoms with E-state index in [2.05, 4.69) is 5.43 Å². The molecule has 0 spiro atoms. The molecule has 0 unspecified atom stereocenters. The molecule has 0 bridgehead atoms. The Bertz CT molecular complexity index is 974. The number of benzene rings is 3. The molecule has 0 aromatic heterocycles. The van der Waals surface area contributed by atoms with Crippen LogP contribution in [0.5, 0.6) is 5.75 Å². The lowest BCUT2D eigenvalue weighted by Gasteiger charge is -2.12. The van der Waals surface area contributed by atoms with Crippen molar-refractivity contribution in [2.24, 2.45) is 0 Å². The molecular weight excluding hydrogens is 366 g/mol. The first kappa shape index (κ1) is 19.0. The van der Waals surface area contributed by atoms with Crippen molar-refractivity contribution in [2.45, 2.75) is 0 Å². The summed E-state index contributed by atoms with van der Waals surface area (Å²) < 4.78 is 32.7. The highest BCUT2D eigenvalue weighted by atomic mass is 19.1. The third-order valence-corrected chi connectivity index (χ3v) is 3.84. The zero-order valence-electron chi connectivity index (χ0n) is 14.6. The highest BCUT2D eigenvalue weighted by Gasteiger charge is 2.17. The van der Waals surface area contributed by atoms with Crippen molar-refractivity contribution in [3.63, 3.8) is 0 Å². The van der Waals surface area contributed by atoms with Crippen LogP contribution in [-0.2, 0) is 4.79 Å². The number of hydrazine groups is 1. The average Bonchev–Trinajstić information content (AvgIpc) is 2.71. The molecule has 142 valence electrons. The largest absolute Gasteiger partial charge is 0.483 e. The van der Waals surface area contributed by atoms with Gasteiger partial charge in [0.25, 0.3) is 11.8 Å². The summed E-state index contributed by atoms with van der Waals surface area (Å²) in [7, 11) is 0. The Morgan fingerprint density at radius 2 is 1.43 bits per heavy atom. The highest BCUT2D eigenvalue weighted by molar-refractivity contribution is 5.96. The zero-order chi connectivity index (χ0) is 19.9. The van der Waals surface area contributed by atoms with Crippen molar-refractivity contribution < 1.29 is 23.1 Å². The maximum atomic E-state index is 13.6. The molecule has 0 aliphatic heterocycles. The van der Waals surface area contributed by atoms with Gasteiger partial charge in [-0.05, 0) is 23.8 Å². The summed E-state index contributed by atoms with van der Waals surface area (Å²) in [5.41, 5.74) is 4.97. The molecule has 0 atom stereocenters. The Kier molecular flexibility index (Phi) is 5.96. The van der Waals surface area contributed by atoms with Gasteiger partial charge in [-0.1, -0.05) is 54.6 Å². The Balaban J connectivity index is 1.59. The van der Waals surface area contributed by atoms with Crippen LogP contribution in [0.4, 0.5) is 8.78 Å². The van der Waals surface area contributed by atoms with Gasteiger partial charge in [0, 0.05) is 5.56 Å². The van der Waals surface area contributed by atoms with E-state index in [0.29, 0.717) is 5.75 Å². The summed E-state index contributed by atoms with van der Waals surface area (Å²) in [5.74, 6) is -3.36.